The Labute approximate surface area is 253 Å². The summed E-state index contributed by atoms with van der Waals surface area (Å²) in [6.45, 7) is -1.74. The van der Waals surface area contributed by atoms with E-state index >= 15 is 4.39 Å². The lowest BCUT2D eigenvalue weighted by molar-refractivity contribution is -0.123. The van der Waals surface area contributed by atoms with Gasteiger partial charge in [-0.2, -0.15) is 13.9 Å². The Kier molecular flexibility index (Phi) is 7.20. The molecule has 0 radical (unpaired) electrons. The Hall–Kier alpha value is -4.36. The van der Waals surface area contributed by atoms with Gasteiger partial charge in [0.15, 0.2) is 0 Å². The van der Waals surface area contributed by atoms with Crippen molar-refractivity contribution in [3.63, 3.8) is 0 Å². The van der Waals surface area contributed by atoms with Gasteiger partial charge in [0.1, 0.15) is 46.1 Å². The minimum absolute atomic E-state index is 0.00348. The zero-order valence-electron chi connectivity index (χ0n) is 23.5. The van der Waals surface area contributed by atoms with Crippen LogP contribution in [-0.2, 0) is 15.8 Å². The van der Waals surface area contributed by atoms with Crippen molar-refractivity contribution in [2.45, 2.75) is 37.3 Å². The van der Waals surface area contributed by atoms with Crippen molar-refractivity contribution in [1.29, 1.82) is 0 Å². The SMILES string of the molecule is COc1cc(C(=O)NCC(O)(c2cc3c(c(-c4cc(Cl)ccc4F)n2)OC[C@]3(C)C(N)=O)C2CC2)cc2cn(C(F)F)nc12. The Bertz CT molecular complexity index is 1830. The molecule has 6 rings (SSSR count). The van der Waals surface area contributed by atoms with Crippen LogP contribution in [0.2, 0.25) is 5.02 Å². The molecule has 1 unspecified atom stereocenters. The minimum Gasteiger partial charge on any atom is -0.494 e. The predicted molar refractivity (Wildman–Crippen MR) is 153 cm³/mol. The number of carbonyl (C=O) groups is 2. The number of primary amides is 1. The van der Waals surface area contributed by atoms with Crippen LogP contribution in [0.1, 0.15) is 47.9 Å². The van der Waals surface area contributed by atoms with Crippen molar-refractivity contribution in [3.8, 4) is 22.8 Å². The zero-order valence-corrected chi connectivity index (χ0v) is 24.3. The molecule has 1 aliphatic heterocycles. The number of halogens is 4. The van der Waals surface area contributed by atoms with E-state index in [9.17, 15) is 23.5 Å². The molecule has 1 fully saturated rings. The molecule has 3 heterocycles. The second-order valence-electron chi connectivity index (χ2n) is 11.2. The maximum Gasteiger partial charge on any atom is 0.333 e. The van der Waals surface area contributed by atoms with Gasteiger partial charge in [0, 0.05) is 33.3 Å². The highest BCUT2D eigenvalue weighted by Gasteiger charge is 2.50. The number of nitrogens with two attached hydrogens (primary N) is 1. The van der Waals surface area contributed by atoms with Gasteiger partial charge in [0.2, 0.25) is 5.91 Å². The third-order valence-corrected chi connectivity index (χ3v) is 8.52. The van der Waals surface area contributed by atoms with Gasteiger partial charge < -0.3 is 25.6 Å². The van der Waals surface area contributed by atoms with E-state index < -0.39 is 35.2 Å². The molecule has 2 aliphatic rings. The second kappa shape index (κ2) is 10.7. The Morgan fingerprint density at radius 3 is 2.70 bits per heavy atom. The molecule has 2 amide bonds. The monoisotopic (exact) mass is 629 g/mol. The molecule has 1 aliphatic carbocycles. The number of benzene rings is 2. The highest BCUT2D eigenvalue weighted by molar-refractivity contribution is 6.30. The topological polar surface area (TPSA) is 142 Å². The molecule has 2 atom stereocenters. The van der Waals surface area contributed by atoms with E-state index in [0.29, 0.717) is 23.1 Å². The van der Waals surface area contributed by atoms with Crippen molar-refractivity contribution < 1.29 is 37.3 Å². The van der Waals surface area contributed by atoms with Crippen LogP contribution in [0.5, 0.6) is 11.5 Å². The number of methoxy groups -OCH3 is 1. The number of ether oxygens (including phenoxy) is 2. The first-order valence-corrected chi connectivity index (χ1v) is 14.0. The van der Waals surface area contributed by atoms with Gasteiger partial charge in [0.05, 0.1) is 19.3 Å². The quantitative estimate of drug-likeness (QED) is 0.248. The molecule has 230 valence electrons. The van der Waals surface area contributed by atoms with E-state index in [2.05, 4.69) is 15.4 Å². The number of aliphatic hydroxyl groups is 1. The molecule has 4 aromatic rings. The fourth-order valence-electron chi connectivity index (χ4n) is 5.50. The fourth-order valence-corrected chi connectivity index (χ4v) is 5.67. The number of pyridine rings is 1. The molecule has 14 heteroatoms. The smallest absolute Gasteiger partial charge is 0.333 e. The fraction of sp³-hybridized carbons (Fsp3) is 0.333. The number of alkyl halides is 2. The molecule has 2 aromatic carbocycles. The van der Waals surface area contributed by atoms with E-state index in [0.717, 1.165) is 6.20 Å². The molecular weight excluding hydrogens is 603 g/mol. The van der Waals surface area contributed by atoms with Gasteiger partial charge in [-0.3, -0.25) is 9.59 Å². The average molecular weight is 630 g/mol. The maximum atomic E-state index is 15.1. The number of carbonyl (C=O) groups excluding carboxylic acids is 2. The minimum atomic E-state index is -2.88. The maximum absolute atomic E-state index is 15.1. The second-order valence-corrected chi connectivity index (χ2v) is 11.7. The van der Waals surface area contributed by atoms with E-state index in [1.165, 1.54) is 43.5 Å². The first-order valence-electron chi connectivity index (χ1n) is 13.7. The van der Waals surface area contributed by atoms with Crippen LogP contribution >= 0.6 is 11.6 Å². The highest BCUT2D eigenvalue weighted by Crippen LogP contribution is 2.50. The summed E-state index contributed by atoms with van der Waals surface area (Å²) < 4.78 is 53.2. The van der Waals surface area contributed by atoms with Gasteiger partial charge in [0.25, 0.3) is 5.91 Å². The lowest BCUT2D eigenvalue weighted by Gasteiger charge is -2.30. The first kappa shape index (κ1) is 29.7. The van der Waals surface area contributed by atoms with Crippen molar-refractivity contribution in [2.75, 3.05) is 20.3 Å². The molecule has 44 heavy (non-hydrogen) atoms. The predicted octanol–water partition coefficient (Wildman–Crippen LogP) is 4.46. The van der Waals surface area contributed by atoms with Gasteiger partial charge in [-0.1, -0.05) is 11.6 Å². The van der Waals surface area contributed by atoms with Gasteiger partial charge in [-0.15, -0.1) is 0 Å². The van der Waals surface area contributed by atoms with Crippen LogP contribution in [0.4, 0.5) is 13.2 Å². The number of nitrogens with one attached hydrogen (secondary N) is 1. The number of aromatic nitrogens is 3. The summed E-state index contributed by atoms with van der Waals surface area (Å²) in [5, 5.41) is 19.1. The number of nitrogens with zero attached hydrogens (tertiary/aromatic N) is 3. The molecule has 10 nitrogen and oxygen atoms in total. The first-order chi connectivity index (χ1) is 20.9. The number of hydrogen-bond donors (Lipinski definition) is 3. The molecule has 0 saturated heterocycles. The summed E-state index contributed by atoms with van der Waals surface area (Å²) in [4.78, 5) is 30.6. The standard InChI is InChI=1S/C30H27ClF3N5O5/c1-29(27(35)41)13-44-25-19(29)10-22(37-24(25)18-9-17(31)5-6-20(18)32)30(42,16-3-4-16)12-36-26(40)14-7-15-11-39(28(33)34)38-23(15)21(8-14)43-2/h5-11,16,28,42H,3-4,12-13H2,1-2H3,(H2,35,41)(H,36,40)/t29-,30?/m0/s1. The molecule has 4 N–H and O–H groups in total. The van der Waals surface area contributed by atoms with Gasteiger partial charge in [-0.05, 0) is 62.1 Å². The zero-order chi connectivity index (χ0) is 31.6. The highest BCUT2D eigenvalue weighted by atomic mass is 35.5. The van der Waals surface area contributed by atoms with E-state index in [4.69, 9.17) is 26.8 Å². The summed E-state index contributed by atoms with van der Waals surface area (Å²) in [6, 6.07) is 8.17. The van der Waals surface area contributed by atoms with Crippen molar-refractivity contribution in [1.82, 2.24) is 20.1 Å². The molecule has 2 aromatic heterocycles. The number of amides is 2. The number of hydrogen-bond acceptors (Lipinski definition) is 7. The average Bonchev–Trinajstić information content (AvgIpc) is 3.68. The van der Waals surface area contributed by atoms with E-state index in [-0.39, 0.29) is 69.0 Å². The van der Waals surface area contributed by atoms with Crippen molar-refractivity contribution in [2.24, 2.45) is 11.7 Å². The van der Waals surface area contributed by atoms with Crippen LogP contribution in [0, 0.1) is 11.7 Å². The Morgan fingerprint density at radius 2 is 2.05 bits per heavy atom. The summed E-state index contributed by atoms with van der Waals surface area (Å²) in [6.07, 6.45) is 2.33. The molecule has 0 spiro atoms. The summed E-state index contributed by atoms with van der Waals surface area (Å²) in [5.74, 6) is -2.03. The molecule has 1 saturated carbocycles. The van der Waals surface area contributed by atoms with Gasteiger partial charge in [-0.25, -0.2) is 14.1 Å². The number of fused-ring (bicyclic) bond motifs is 2. The van der Waals surface area contributed by atoms with E-state index in [1.807, 2.05) is 0 Å². The third kappa shape index (κ3) is 4.89. The van der Waals surface area contributed by atoms with Crippen LogP contribution < -0.4 is 20.5 Å². The number of rotatable bonds is 9. The van der Waals surface area contributed by atoms with Crippen LogP contribution in [0.15, 0.2) is 42.6 Å². The lowest BCUT2D eigenvalue weighted by Crippen LogP contribution is -2.44. The van der Waals surface area contributed by atoms with Crippen molar-refractivity contribution in [3.05, 3.63) is 70.3 Å². The summed E-state index contributed by atoms with van der Waals surface area (Å²) in [7, 11) is 1.33. The summed E-state index contributed by atoms with van der Waals surface area (Å²) in [5.41, 5.74) is 3.36. The summed E-state index contributed by atoms with van der Waals surface area (Å²) >= 11 is 6.17. The Balaban J connectivity index is 1.40. The van der Waals surface area contributed by atoms with Crippen molar-refractivity contribution >= 4 is 34.3 Å². The normalized spacial score (nSPS) is 19.0. The Morgan fingerprint density at radius 1 is 1.30 bits per heavy atom. The largest absolute Gasteiger partial charge is 0.494 e. The lowest BCUT2D eigenvalue weighted by atomic mass is 9.81. The van der Waals surface area contributed by atoms with Crippen LogP contribution in [0.3, 0.4) is 0 Å². The van der Waals surface area contributed by atoms with E-state index in [1.54, 1.807) is 6.92 Å². The van der Waals surface area contributed by atoms with Crippen LogP contribution in [0.25, 0.3) is 22.2 Å². The molecular formula is C30H27ClF3N5O5. The third-order valence-electron chi connectivity index (χ3n) is 8.29. The van der Waals surface area contributed by atoms with Gasteiger partial charge >= 0.3 is 6.55 Å². The van der Waals surface area contributed by atoms with Crippen LogP contribution in [-0.4, -0.2) is 51.9 Å². The molecule has 0 bridgehead atoms.